The molecule has 138 valence electrons. The summed E-state index contributed by atoms with van der Waals surface area (Å²) < 4.78 is 28.0. The van der Waals surface area contributed by atoms with Crippen molar-refractivity contribution in [2.24, 2.45) is 0 Å². The Morgan fingerprint density at radius 3 is 2.48 bits per heavy atom. The summed E-state index contributed by atoms with van der Waals surface area (Å²) in [6.45, 7) is 2.71. The molecule has 6 heteroatoms. The van der Waals surface area contributed by atoms with Gasteiger partial charge in [-0.3, -0.25) is 0 Å². The number of benzene rings is 2. The summed E-state index contributed by atoms with van der Waals surface area (Å²) in [4.78, 5) is 2.31. The Balaban J connectivity index is 1.90. The highest BCUT2D eigenvalue weighted by atomic mass is 32.2. The monoisotopic (exact) mass is 396 g/mol. The normalized spacial score (nSPS) is 11.4. The lowest BCUT2D eigenvalue weighted by atomic mass is 10.1. The molecule has 0 radical (unpaired) electrons. The maximum Gasteiger partial charge on any atom is 0.243 e. The number of hydrogen-bond donors (Lipinski definition) is 0. The number of aryl methyl sites for hydroxylation is 1. The van der Waals surface area contributed by atoms with Crippen molar-refractivity contribution in [3.8, 4) is 6.07 Å². The molecule has 27 heavy (non-hydrogen) atoms. The van der Waals surface area contributed by atoms with Crippen molar-refractivity contribution in [1.82, 2.24) is 4.31 Å². The highest BCUT2D eigenvalue weighted by molar-refractivity contribution is 7.89. The van der Waals surface area contributed by atoms with E-state index in [-0.39, 0.29) is 4.90 Å². The molecule has 0 aliphatic carbocycles. The van der Waals surface area contributed by atoms with Gasteiger partial charge in [0.15, 0.2) is 0 Å². The van der Waals surface area contributed by atoms with Gasteiger partial charge in [-0.2, -0.15) is 9.57 Å². The van der Waals surface area contributed by atoms with Crippen LogP contribution in [-0.4, -0.2) is 19.3 Å². The molecule has 1 heterocycles. The van der Waals surface area contributed by atoms with Gasteiger partial charge >= 0.3 is 0 Å². The number of thiophene rings is 1. The molecule has 0 aliphatic rings. The van der Waals surface area contributed by atoms with Crippen molar-refractivity contribution in [3.63, 3.8) is 0 Å². The van der Waals surface area contributed by atoms with Crippen molar-refractivity contribution in [2.75, 3.05) is 6.54 Å². The summed E-state index contributed by atoms with van der Waals surface area (Å²) in [5.74, 6) is 0. The van der Waals surface area contributed by atoms with Gasteiger partial charge in [0.2, 0.25) is 10.0 Å². The van der Waals surface area contributed by atoms with Gasteiger partial charge in [0.05, 0.1) is 16.5 Å². The van der Waals surface area contributed by atoms with Crippen LogP contribution in [-0.2, 0) is 23.0 Å². The fourth-order valence-corrected chi connectivity index (χ4v) is 5.25. The first-order valence-corrected chi connectivity index (χ1v) is 10.8. The molecule has 0 atom stereocenters. The van der Waals surface area contributed by atoms with Crippen LogP contribution in [0.15, 0.2) is 71.6 Å². The van der Waals surface area contributed by atoms with Gasteiger partial charge in [0, 0.05) is 22.8 Å². The van der Waals surface area contributed by atoms with Gasteiger partial charge < -0.3 is 0 Å². The van der Waals surface area contributed by atoms with E-state index in [2.05, 4.69) is 0 Å². The first-order chi connectivity index (χ1) is 13.0. The fourth-order valence-electron chi connectivity index (χ4n) is 2.80. The predicted molar refractivity (Wildman–Crippen MR) is 108 cm³/mol. The third-order valence-corrected chi connectivity index (χ3v) is 7.05. The second-order valence-electron chi connectivity index (χ2n) is 6.23. The Hall–Kier alpha value is -2.46. The molecule has 0 amide bonds. The Bertz CT molecular complexity index is 1050. The van der Waals surface area contributed by atoms with Crippen LogP contribution in [0.25, 0.3) is 0 Å². The first kappa shape index (κ1) is 19.3. The van der Waals surface area contributed by atoms with Gasteiger partial charge in [-0.15, -0.1) is 11.3 Å². The van der Waals surface area contributed by atoms with E-state index in [0.29, 0.717) is 25.1 Å². The van der Waals surface area contributed by atoms with Gasteiger partial charge in [0.1, 0.15) is 0 Å². The summed E-state index contributed by atoms with van der Waals surface area (Å²) in [5.41, 5.74) is 1.43. The van der Waals surface area contributed by atoms with Crippen molar-refractivity contribution >= 4 is 21.4 Å². The molecule has 4 nitrogen and oxygen atoms in total. The zero-order valence-electron chi connectivity index (χ0n) is 15.0. The molecule has 3 aromatic rings. The summed E-state index contributed by atoms with van der Waals surface area (Å²) >= 11 is 1.60. The lowest BCUT2D eigenvalue weighted by Gasteiger charge is -2.22. The van der Waals surface area contributed by atoms with E-state index in [1.165, 1.54) is 10.4 Å². The molecule has 0 saturated carbocycles. The maximum absolute atomic E-state index is 13.3. The van der Waals surface area contributed by atoms with E-state index in [4.69, 9.17) is 5.26 Å². The Labute approximate surface area is 164 Å². The second-order valence-corrected chi connectivity index (χ2v) is 9.54. The topological polar surface area (TPSA) is 61.2 Å². The van der Waals surface area contributed by atoms with Crippen molar-refractivity contribution in [3.05, 3.63) is 87.6 Å². The minimum Gasteiger partial charge on any atom is -0.207 e. The quantitative estimate of drug-likeness (QED) is 0.596. The van der Waals surface area contributed by atoms with Crippen molar-refractivity contribution in [1.29, 1.82) is 5.26 Å². The fraction of sp³-hybridized carbons (Fsp3) is 0.190. The van der Waals surface area contributed by atoms with E-state index in [1.807, 2.05) is 55.5 Å². The zero-order valence-corrected chi connectivity index (χ0v) is 16.6. The van der Waals surface area contributed by atoms with E-state index < -0.39 is 10.0 Å². The average molecular weight is 397 g/mol. The standard InChI is InChI=1S/C21H20N2O2S2/c1-17-10-11-20(26-17)16-23(13-12-18-6-3-2-4-7-18)27(24,25)21-9-5-8-19(14-21)15-22/h2-11,14H,12-13,16H2,1H3. The van der Waals surface area contributed by atoms with E-state index in [0.717, 1.165) is 15.3 Å². The molecule has 0 saturated heterocycles. The average Bonchev–Trinajstić information content (AvgIpc) is 3.10. The minimum atomic E-state index is -3.70. The molecule has 2 aromatic carbocycles. The van der Waals surface area contributed by atoms with E-state index in [1.54, 1.807) is 29.5 Å². The summed E-state index contributed by atoms with van der Waals surface area (Å²) in [6.07, 6.45) is 0.627. The molecule has 0 aliphatic heterocycles. The molecule has 0 bridgehead atoms. The predicted octanol–water partition coefficient (Wildman–Crippen LogP) is 4.36. The smallest absolute Gasteiger partial charge is 0.207 e. The summed E-state index contributed by atoms with van der Waals surface area (Å²) in [7, 11) is -3.70. The summed E-state index contributed by atoms with van der Waals surface area (Å²) in [5, 5.41) is 9.10. The van der Waals surface area contributed by atoms with Crippen LogP contribution in [0, 0.1) is 18.3 Å². The van der Waals surface area contributed by atoms with Crippen LogP contribution in [0.4, 0.5) is 0 Å². The SMILES string of the molecule is Cc1ccc(CN(CCc2ccccc2)S(=O)(=O)c2cccc(C#N)c2)s1. The zero-order chi connectivity index (χ0) is 19.3. The maximum atomic E-state index is 13.3. The molecule has 0 fully saturated rings. The van der Waals surface area contributed by atoms with Gasteiger partial charge in [-0.25, -0.2) is 8.42 Å². The van der Waals surface area contributed by atoms with Gasteiger partial charge in [-0.05, 0) is 49.2 Å². The van der Waals surface area contributed by atoms with Crippen molar-refractivity contribution in [2.45, 2.75) is 24.8 Å². The molecular formula is C21H20N2O2S2. The third-order valence-electron chi connectivity index (χ3n) is 4.22. The molecular weight excluding hydrogens is 376 g/mol. The van der Waals surface area contributed by atoms with Crippen LogP contribution in [0.1, 0.15) is 20.9 Å². The molecule has 0 spiro atoms. The Morgan fingerprint density at radius 2 is 1.81 bits per heavy atom. The molecule has 0 N–H and O–H groups in total. The highest BCUT2D eigenvalue weighted by Gasteiger charge is 2.25. The number of rotatable bonds is 7. The Kier molecular flexibility index (Phi) is 6.07. The number of nitriles is 1. The number of nitrogens with zero attached hydrogens (tertiary/aromatic N) is 2. The van der Waals surface area contributed by atoms with Crippen LogP contribution in [0.2, 0.25) is 0 Å². The lowest BCUT2D eigenvalue weighted by molar-refractivity contribution is 0.412. The Morgan fingerprint density at radius 1 is 1.04 bits per heavy atom. The minimum absolute atomic E-state index is 0.155. The first-order valence-electron chi connectivity index (χ1n) is 8.58. The largest absolute Gasteiger partial charge is 0.243 e. The lowest BCUT2D eigenvalue weighted by Crippen LogP contribution is -2.32. The number of hydrogen-bond acceptors (Lipinski definition) is 4. The van der Waals surface area contributed by atoms with E-state index >= 15 is 0 Å². The van der Waals surface area contributed by atoms with E-state index in [9.17, 15) is 8.42 Å². The molecule has 0 unspecified atom stereocenters. The van der Waals surface area contributed by atoms with Crippen LogP contribution >= 0.6 is 11.3 Å². The van der Waals surface area contributed by atoms with Crippen LogP contribution < -0.4 is 0 Å². The molecule has 1 aromatic heterocycles. The summed E-state index contributed by atoms with van der Waals surface area (Å²) in [6, 6.07) is 22.0. The van der Waals surface area contributed by atoms with Crippen LogP contribution in [0.5, 0.6) is 0 Å². The van der Waals surface area contributed by atoms with Crippen molar-refractivity contribution < 1.29 is 8.42 Å². The van der Waals surface area contributed by atoms with Crippen LogP contribution in [0.3, 0.4) is 0 Å². The highest BCUT2D eigenvalue weighted by Crippen LogP contribution is 2.23. The number of sulfonamides is 1. The molecule has 3 rings (SSSR count). The second kappa shape index (κ2) is 8.49. The van der Waals surface area contributed by atoms with Gasteiger partial charge in [0.25, 0.3) is 0 Å². The third kappa shape index (κ3) is 4.83. The van der Waals surface area contributed by atoms with Gasteiger partial charge in [-0.1, -0.05) is 36.4 Å².